The number of alkyl carbamates (subject to hydrolysis) is 1. The van der Waals surface area contributed by atoms with E-state index >= 15 is 0 Å². The molecule has 11 nitrogen and oxygen atoms in total. The monoisotopic (exact) mass is 381 g/mol. The first-order valence-electron chi connectivity index (χ1n) is 7.83. The van der Waals surface area contributed by atoms with Gasteiger partial charge in [-0.1, -0.05) is 0 Å². The Morgan fingerprint density at radius 3 is 2.11 bits per heavy atom. The first-order chi connectivity index (χ1) is 12.5. The maximum atomic E-state index is 12.5. The number of carbonyl (C=O) groups excluding carboxylic acids is 4. The number of rotatable bonds is 5. The van der Waals surface area contributed by atoms with Crippen LogP contribution >= 0.6 is 0 Å². The lowest BCUT2D eigenvalue weighted by molar-refractivity contribution is -0.158. The van der Waals surface area contributed by atoms with E-state index in [-0.39, 0.29) is 0 Å². The third kappa shape index (κ3) is 4.77. The van der Waals surface area contributed by atoms with Gasteiger partial charge < -0.3 is 25.1 Å². The second-order valence-corrected chi connectivity index (χ2v) is 6.53. The molecule has 27 heavy (non-hydrogen) atoms. The van der Waals surface area contributed by atoms with Gasteiger partial charge in [0.2, 0.25) is 11.8 Å². The standard InChI is InChI=1S/C16H19N3O8/c1-16(2,3)26-15(25)17-8-9(18-10(20)4-5-11(18)21)14(24)27-19-12(22)6-7-13(19)23/h4-7,9,22-23H,8H2,1-3H3,(H,17,25). The molecule has 1 atom stereocenters. The molecule has 0 bridgehead atoms. The molecule has 2 heterocycles. The van der Waals surface area contributed by atoms with Crippen LogP contribution in [0.25, 0.3) is 0 Å². The molecule has 146 valence electrons. The molecule has 2 rings (SSSR count). The Labute approximate surface area is 153 Å². The first-order valence-corrected chi connectivity index (χ1v) is 7.83. The molecule has 0 fully saturated rings. The van der Waals surface area contributed by atoms with Crippen LogP contribution in [-0.4, -0.2) is 61.9 Å². The molecule has 1 aromatic heterocycles. The van der Waals surface area contributed by atoms with Gasteiger partial charge in [0, 0.05) is 24.3 Å². The summed E-state index contributed by atoms with van der Waals surface area (Å²) in [6.07, 6.45) is 1.04. The van der Waals surface area contributed by atoms with E-state index in [1.165, 1.54) is 0 Å². The molecule has 0 aromatic carbocycles. The fourth-order valence-corrected chi connectivity index (χ4v) is 2.14. The largest absolute Gasteiger partial charge is 0.492 e. The average molecular weight is 381 g/mol. The van der Waals surface area contributed by atoms with Gasteiger partial charge in [0.1, 0.15) is 5.60 Å². The topological polar surface area (TPSA) is 147 Å². The molecule has 0 saturated carbocycles. The van der Waals surface area contributed by atoms with E-state index < -0.39 is 53.8 Å². The molecular formula is C16H19N3O8. The van der Waals surface area contributed by atoms with E-state index in [0.29, 0.717) is 9.63 Å². The van der Waals surface area contributed by atoms with Gasteiger partial charge in [0.05, 0.1) is 6.54 Å². The molecule has 1 unspecified atom stereocenters. The summed E-state index contributed by atoms with van der Waals surface area (Å²) in [6.45, 7) is 4.39. The number of amides is 3. The third-order valence-corrected chi connectivity index (χ3v) is 3.24. The zero-order chi connectivity index (χ0) is 20.4. The highest BCUT2D eigenvalue weighted by atomic mass is 16.7. The van der Waals surface area contributed by atoms with E-state index in [9.17, 15) is 29.4 Å². The Hall–Kier alpha value is -3.50. The van der Waals surface area contributed by atoms with Crippen molar-refractivity contribution in [3.63, 3.8) is 0 Å². The van der Waals surface area contributed by atoms with Gasteiger partial charge in [-0.25, -0.2) is 9.59 Å². The SMILES string of the molecule is CC(C)(C)OC(=O)NCC(C(=O)On1c(O)ccc1O)N1C(=O)C=CC1=O. The van der Waals surface area contributed by atoms with Crippen molar-refractivity contribution in [2.45, 2.75) is 32.4 Å². The summed E-state index contributed by atoms with van der Waals surface area (Å²) in [5, 5.41) is 21.4. The van der Waals surface area contributed by atoms with Crippen LogP contribution in [0.5, 0.6) is 11.8 Å². The zero-order valence-electron chi connectivity index (χ0n) is 14.8. The fourth-order valence-electron chi connectivity index (χ4n) is 2.14. The van der Waals surface area contributed by atoms with Gasteiger partial charge >= 0.3 is 12.1 Å². The molecule has 0 spiro atoms. The zero-order valence-corrected chi connectivity index (χ0v) is 14.8. The van der Waals surface area contributed by atoms with Gasteiger partial charge in [-0.2, -0.15) is 0 Å². The van der Waals surface area contributed by atoms with Crippen molar-refractivity contribution in [1.29, 1.82) is 0 Å². The van der Waals surface area contributed by atoms with Crippen molar-refractivity contribution in [2.75, 3.05) is 6.54 Å². The molecular weight excluding hydrogens is 362 g/mol. The summed E-state index contributed by atoms with van der Waals surface area (Å²) in [6, 6.07) is 0.558. The number of carbonyl (C=O) groups is 4. The molecule has 1 aliphatic heterocycles. The number of hydrogen-bond donors (Lipinski definition) is 3. The van der Waals surface area contributed by atoms with Gasteiger partial charge in [-0.15, -0.1) is 4.73 Å². The Kier molecular flexibility index (Phi) is 5.43. The van der Waals surface area contributed by atoms with Crippen LogP contribution in [0.1, 0.15) is 20.8 Å². The summed E-state index contributed by atoms with van der Waals surface area (Å²) < 4.78 is 5.44. The third-order valence-electron chi connectivity index (χ3n) is 3.24. The summed E-state index contributed by atoms with van der Waals surface area (Å²) in [4.78, 5) is 53.5. The summed E-state index contributed by atoms with van der Waals surface area (Å²) in [5.74, 6) is -3.92. The van der Waals surface area contributed by atoms with Crippen molar-refractivity contribution >= 4 is 23.9 Å². The van der Waals surface area contributed by atoms with Crippen LogP contribution in [0.15, 0.2) is 24.3 Å². The number of hydrogen-bond acceptors (Lipinski definition) is 8. The van der Waals surface area contributed by atoms with E-state index in [1.807, 2.05) is 0 Å². The molecule has 0 saturated heterocycles. The highest BCUT2D eigenvalue weighted by Gasteiger charge is 2.38. The molecule has 3 N–H and O–H groups in total. The van der Waals surface area contributed by atoms with Crippen LogP contribution in [0, 0.1) is 0 Å². The molecule has 1 aromatic rings. The number of nitrogens with zero attached hydrogens (tertiary/aromatic N) is 2. The van der Waals surface area contributed by atoms with Crippen molar-refractivity contribution in [3.05, 3.63) is 24.3 Å². The van der Waals surface area contributed by atoms with Crippen molar-refractivity contribution in [3.8, 4) is 11.8 Å². The van der Waals surface area contributed by atoms with Gasteiger partial charge in [-0.3, -0.25) is 14.5 Å². The highest BCUT2D eigenvalue weighted by Crippen LogP contribution is 2.19. The predicted octanol–water partition coefficient (Wildman–Crippen LogP) is -0.327. The lowest BCUT2D eigenvalue weighted by atomic mass is 10.2. The number of ether oxygens (including phenoxy) is 1. The number of aromatic nitrogens is 1. The van der Waals surface area contributed by atoms with Gasteiger partial charge in [0.25, 0.3) is 11.8 Å². The maximum absolute atomic E-state index is 12.5. The van der Waals surface area contributed by atoms with Crippen molar-refractivity contribution < 1.29 is 39.0 Å². The second kappa shape index (κ2) is 7.40. The fraction of sp³-hybridized carbons (Fsp3) is 0.375. The highest BCUT2D eigenvalue weighted by molar-refractivity contribution is 6.14. The minimum atomic E-state index is -1.56. The van der Waals surface area contributed by atoms with Gasteiger partial charge in [-0.05, 0) is 20.8 Å². The summed E-state index contributed by atoms with van der Waals surface area (Å²) in [7, 11) is 0. The Morgan fingerprint density at radius 1 is 1.11 bits per heavy atom. The smallest absolute Gasteiger partial charge is 0.407 e. The summed E-state index contributed by atoms with van der Waals surface area (Å²) >= 11 is 0. The van der Waals surface area contributed by atoms with Crippen LogP contribution in [0.4, 0.5) is 4.79 Å². The van der Waals surface area contributed by atoms with E-state index in [2.05, 4.69) is 5.32 Å². The lowest BCUT2D eigenvalue weighted by Gasteiger charge is -2.25. The van der Waals surface area contributed by atoms with Gasteiger partial charge in [0.15, 0.2) is 6.04 Å². The molecule has 3 amide bonds. The lowest BCUT2D eigenvalue weighted by Crippen LogP contribution is -2.53. The number of imide groups is 1. The normalized spacial score (nSPS) is 15.0. The minimum Gasteiger partial charge on any atom is -0.492 e. The van der Waals surface area contributed by atoms with E-state index in [1.54, 1.807) is 20.8 Å². The Morgan fingerprint density at radius 2 is 1.63 bits per heavy atom. The number of nitrogens with one attached hydrogen (secondary N) is 1. The van der Waals surface area contributed by atoms with Crippen molar-refractivity contribution in [1.82, 2.24) is 14.9 Å². The average Bonchev–Trinajstić information content (AvgIpc) is 3.03. The Bertz CT molecular complexity index is 768. The molecule has 11 heteroatoms. The van der Waals surface area contributed by atoms with Crippen LogP contribution in [0.3, 0.4) is 0 Å². The molecule has 0 radical (unpaired) electrons. The van der Waals surface area contributed by atoms with Crippen molar-refractivity contribution in [2.24, 2.45) is 0 Å². The molecule has 1 aliphatic rings. The maximum Gasteiger partial charge on any atom is 0.407 e. The van der Waals surface area contributed by atoms with Crippen LogP contribution in [0.2, 0.25) is 0 Å². The predicted molar refractivity (Wildman–Crippen MR) is 88.4 cm³/mol. The summed E-state index contributed by atoms with van der Waals surface area (Å²) in [5.41, 5.74) is -0.802. The second-order valence-electron chi connectivity index (χ2n) is 6.53. The first kappa shape index (κ1) is 19.8. The molecule has 0 aliphatic carbocycles. The van der Waals surface area contributed by atoms with E-state index in [0.717, 1.165) is 24.3 Å². The Balaban J connectivity index is 2.17. The van der Waals surface area contributed by atoms with Crippen LogP contribution < -0.4 is 10.2 Å². The van der Waals surface area contributed by atoms with Crippen LogP contribution in [-0.2, 0) is 19.1 Å². The quantitative estimate of drug-likeness (QED) is 0.588. The number of aromatic hydroxyl groups is 2. The van der Waals surface area contributed by atoms with E-state index in [4.69, 9.17) is 9.57 Å². The minimum absolute atomic E-state index is 0.404.